The van der Waals surface area contributed by atoms with Gasteiger partial charge in [-0.05, 0) is 42.3 Å². The minimum absolute atomic E-state index is 0.255. The Bertz CT molecular complexity index is 959. The van der Waals surface area contributed by atoms with Gasteiger partial charge in [0.15, 0.2) is 0 Å². The summed E-state index contributed by atoms with van der Waals surface area (Å²) >= 11 is 0. The van der Waals surface area contributed by atoms with E-state index in [1.54, 1.807) is 42.6 Å². The molecule has 0 unspecified atom stereocenters. The summed E-state index contributed by atoms with van der Waals surface area (Å²) in [6.45, 7) is 4.52. The molecule has 0 saturated carbocycles. The second-order valence-corrected chi connectivity index (χ2v) is 6.55. The minimum Gasteiger partial charge on any atom is -0.493 e. The summed E-state index contributed by atoms with van der Waals surface area (Å²) in [5.74, 6) is -0.277. The Hall–Kier alpha value is -3.28. The van der Waals surface area contributed by atoms with E-state index in [1.807, 2.05) is 13.8 Å². The number of nitrogens with zero attached hydrogens (tertiary/aromatic N) is 2. The number of amides is 1. The summed E-state index contributed by atoms with van der Waals surface area (Å²) in [6, 6.07) is 12.9. The van der Waals surface area contributed by atoms with Crippen LogP contribution in [0.3, 0.4) is 0 Å². The highest BCUT2D eigenvalue weighted by Crippen LogP contribution is 2.28. The van der Waals surface area contributed by atoms with Crippen LogP contribution in [0.25, 0.3) is 22.6 Å². The molecular formula is C21H20FN3O2. The predicted octanol–water partition coefficient (Wildman–Crippen LogP) is 4.08. The molecule has 2 heterocycles. The van der Waals surface area contributed by atoms with Crippen molar-refractivity contribution in [2.24, 2.45) is 11.7 Å². The Kier molecular flexibility index (Phi) is 5.45. The van der Waals surface area contributed by atoms with Gasteiger partial charge in [0.1, 0.15) is 17.3 Å². The second kappa shape index (κ2) is 7.95. The standard InChI is InChI=1S/C21H20FN3O2/c1-13(2)12-27-16-10-14(9-15(22)11-16)18-7-6-17(21(23)26)20(25-18)19-5-3-4-8-24-19/h3-11,13H,12H2,1-2H3,(H2,23,26). The zero-order valence-corrected chi connectivity index (χ0v) is 15.1. The quantitative estimate of drug-likeness (QED) is 0.714. The third kappa shape index (κ3) is 4.47. The maximum atomic E-state index is 14.1. The topological polar surface area (TPSA) is 78.1 Å². The lowest BCUT2D eigenvalue weighted by Gasteiger charge is -2.12. The van der Waals surface area contributed by atoms with Gasteiger partial charge in [-0.25, -0.2) is 9.37 Å². The van der Waals surface area contributed by atoms with Crippen LogP contribution in [0.4, 0.5) is 4.39 Å². The van der Waals surface area contributed by atoms with E-state index in [4.69, 9.17) is 10.5 Å². The Morgan fingerprint density at radius 1 is 1.15 bits per heavy atom. The minimum atomic E-state index is -0.602. The number of primary amides is 1. The van der Waals surface area contributed by atoms with E-state index in [2.05, 4.69) is 9.97 Å². The Morgan fingerprint density at radius 3 is 2.63 bits per heavy atom. The normalized spacial score (nSPS) is 10.8. The van der Waals surface area contributed by atoms with Crippen molar-refractivity contribution < 1.29 is 13.9 Å². The fraction of sp³-hybridized carbons (Fsp3) is 0.190. The second-order valence-electron chi connectivity index (χ2n) is 6.55. The van der Waals surface area contributed by atoms with Gasteiger partial charge in [0.25, 0.3) is 5.91 Å². The summed E-state index contributed by atoms with van der Waals surface area (Å²) in [5, 5.41) is 0. The van der Waals surface area contributed by atoms with Gasteiger partial charge < -0.3 is 10.5 Å². The zero-order valence-electron chi connectivity index (χ0n) is 15.1. The van der Waals surface area contributed by atoms with E-state index in [0.29, 0.717) is 40.9 Å². The highest BCUT2D eigenvalue weighted by molar-refractivity contribution is 5.98. The van der Waals surface area contributed by atoms with Crippen LogP contribution in [-0.2, 0) is 0 Å². The fourth-order valence-electron chi connectivity index (χ4n) is 2.57. The van der Waals surface area contributed by atoms with E-state index >= 15 is 0 Å². The highest BCUT2D eigenvalue weighted by Gasteiger charge is 2.15. The van der Waals surface area contributed by atoms with Crippen LogP contribution < -0.4 is 10.5 Å². The van der Waals surface area contributed by atoms with Crippen molar-refractivity contribution in [1.29, 1.82) is 0 Å². The van der Waals surface area contributed by atoms with Gasteiger partial charge in [-0.1, -0.05) is 19.9 Å². The van der Waals surface area contributed by atoms with Crippen LogP contribution in [-0.4, -0.2) is 22.5 Å². The molecule has 2 N–H and O–H groups in total. The number of rotatable bonds is 6. The van der Waals surface area contributed by atoms with Crippen LogP contribution in [0.2, 0.25) is 0 Å². The van der Waals surface area contributed by atoms with Gasteiger partial charge in [-0.2, -0.15) is 0 Å². The molecule has 3 aromatic rings. The number of carbonyl (C=O) groups is 1. The average molecular weight is 365 g/mol. The molecule has 0 saturated heterocycles. The van der Waals surface area contributed by atoms with Crippen LogP contribution in [0.15, 0.2) is 54.7 Å². The van der Waals surface area contributed by atoms with Crippen molar-refractivity contribution in [1.82, 2.24) is 9.97 Å². The third-order valence-electron chi connectivity index (χ3n) is 3.82. The number of pyridine rings is 2. The van der Waals surface area contributed by atoms with Crippen LogP contribution >= 0.6 is 0 Å². The van der Waals surface area contributed by atoms with Crippen LogP contribution in [0, 0.1) is 11.7 Å². The molecule has 0 bridgehead atoms. The fourth-order valence-corrected chi connectivity index (χ4v) is 2.57. The average Bonchev–Trinajstić information content (AvgIpc) is 2.66. The van der Waals surface area contributed by atoms with Gasteiger partial charge in [0.2, 0.25) is 0 Å². The first-order chi connectivity index (χ1) is 12.9. The first-order valence-corrected chi connectivity index (χ1v) is 8.60. The summed E-state index contributed by atoms with van der Waals surface area (Å²) < 4.78 is 19.7. The largest absolute Gasteiger partial charge is 0.493 e. The molecular weight excluding hydrogens is 345 g/mol. The maximum absolute atomic E-state index is 14.1. The summed E-state index contributed by atoms with van der Waals surface area (Å²) in [4.78, 5) is 20.5. The van der Waals surface area contributed by atoms with E-state index in [-0.39, 0.29) is 5.56 Å². The first kappa shape index (κ1) is 18.5. The predicted molar refractivity (Wildman–Crippen MR) is 102 cm³/mol. The smallest absolute Gasteiger partial charge is 0.250 e. The molecule has 27 heavy (non-hydrogen) atoms. The van der Waals surface area contributed by atoms with Gasteiger partial charge in [0.05, 0.1) is 23.6 Å². The summed E-state index contributed by atoms with van der Waals surface area (Å²) in [6.07, 6.45) is 1.61. The molecule has 0 radical (unpaired) electrons. The Morgan fingerprint density at radius 2 is 1.96 bits per heavy atom. The van der Waals surface area contributed by atoms with Crippen molar-refractivity contribution in [2.45, 2.75) is 13.8 Å². The lowest BCUT2D eigenvalue weighted by atomic mass is 10.1. The van der Waals surface area contributed by atoms with Gasteiger partial charge in [0, 0.05) is 17.8 Å². The molecule has 0 fully saturated rings. The van der Waals surface area contributed by atoms with Gasteiger partial charge in [-0.3, -0.25) is 9.78 Å². The van der Waals surface area contributed by atoms with Crippen molar-refractivity contribution in [3.63, 3.8) is 0 Å². The van der Waals surface area contributed by atoms with E-state index in [1.165, 1.54) is 12.1 Å². The number of aromatic nitrogens is 2. The van der Waals surface area contributed by atoms with Gasteiger partial charge >= 0.3 is 0 Å². The number of hydrogen-bond donors (Lipinski definition) is 1. The van der Waals surface area contributed by atoms with E-state index in [9.17, 15) is 9.18 Å². The van der Waals surface area contributed by atoms with E-state index in [0.717, 1.165) is 0 Å². The molecule has 0 atom stereocenters. The van der Waals surface area contributed by atoms with Gasteiger partial charge in [-0.15, -0.1) is 0 Å². The van der Waals surface area contributed by atoms with Crippen molar-refractivity contribution in [2.75, 3.05) is 6.61 Å². The molecule has 2 aromatic heterocycles. The van der Waals surface area contributed by atoms with E-state index < -0.39 is 11.7 Å². The molecule has 0 aliphatic heterocycles. The molecule has 0 spiro atoms. The summed E-state index contributed by atoms with van der Waals surface area (Å²) in [5.41, 5.74) is 7.63. The molecule has 0 aliphatic rings. The number of carbonyl (C=O) groups excluding carboxylic acids is 1. The molecule has 1 aromatic carbocycles. The van der Waals surface area contributed by atoms with Crippen LogP contribution in [0.1, 0.15) is 24.2 Å². The number of hydrogen-bond acceptors (Lipinski definition) is 4. The van der Waals surface area contributed by atoms with Crippen molar-refractivity contribution >= 4 is 5.91 Å². The highest BCUT2D eigenvalue weighted by atomic mass is 19.1. The van der Waals surface area contributed by atoms with Crippen molar-refractivity contribution in [3.8, 4) is 28.4 Å². The Balaban J connectivity index is 2.06. The molecule has 6 heteroatoms. The Labute approximate surface area is 157 Å². The molecule has 138 valence electrons. The van der Waals surface area contributed by atoms with Crippen molar-refractivity contribution in [3.05, 3.63) is 66.1 Å². The lowest BCUT2D eigenvalue weighted by molar-refractivity contribution is 0.100. The zero-order chi connectivity index (χ0) is 19.4. The number of nitrogens with two attached hydrogens (primary N) is 1. The molecule has 0 aliphatic carbocycles. The number of benzene rings is 1. The number of halogens is 1. The maximum Gasteiger partial charge on any atom is 0.250 e. The number of ether oxygens (including phenoxy) is 1. The monoisotopic (exact) mass is 365 g/mol. The third-order valence-corrected chi connectivity index (χ3v) is 3.82. The summed E-state index contributed by atoms with van der Waals surface area (Å²) in [7, 11) is 0. The lowest BCUT2D eigenvalue weighted by Crippen LogP contribution is -2.13. The molecule has 1 amide bonds. The molecule has 3 rings (SSSR count). The molecule has 5 nitrogen and oxygen atoms in total. The SMILES string of the molecule is CC(C)COc1cc(F)cc(-c2ccc(C(N)=O)c(-c3ccccn3)n2)c1. The van der Waals surface area contributed by atoms with Crippen LogP contribution in [0.5, 0.6) is 5.75 Å². The first-order valence-electron chi connectivity index (χ1n) is 8.60.